The van der Waals surface area contributed by atoms with Crippen molar-refractivity contribution in [1.29, 1.82) is 0 Å². The van der Waals surface area contributed by atoms with Gasteiger partial charge in [0.25, 0.3) is 0 Å². The van der Waals surface area contributed by atoms with Gasteiger partial charge in [-0.15, -0.1) is 0 Å². The minimum atomic E-state index is -0.996. The van der Waals surface area contributed by atoms with Gasteiger partial charge in [-0.1, -0.05) is 0 Å². The topological polar surface area (TPSA) is 80.4 Å². The van der Waals surface area contributed by atoms with Crippen molar-refractivity contribution < 1.29 is 19.2 Å². The summed E-state index contributed by atoms with van der Waals surface area (Å²) in [5, 5.41) is 17.1. The van der Waals surface area contributed by atoms with Crippen molar-refractivity contribution in [2.75, 3.05) is 7.11 Å². The maximum absolute atomic E-state index is 12.7. The third kappa shape index (κ3) is 2.91. The number of nitro benzene ring substituents is 1. The minimum Gasteiger partial charge on any atom is -0.400 e. The highest BCUT2D eigenvalue weighted by Gasteiger charge is 2.12. The number of halogens is 1. The van der Waals surface area contributed by atoms with E-state index in [0.29, 0.717) is 6.29 Å². The lowest BCUT2D eigenvalue weighted by Gasteiger charge is -1.93. The van der Waals surface area contributed by atoms with Gasteiger partial charge < -0.3 is 5.11 Å². The molecule has 5 nitrogen and oxygen atoms in total. The number of benzene rings is 1. The molecule has 0 aromatic heterocycles. The van der Waals surface area contributed by atoms with Crippen LogP contribution in [0.1, 0.15) is 10.4 Å². The van der Waals surface area contributed by atoms with Gasteiger partial charge in [-0.2, -0.15) is 4.39 Å². The quantitative estimate of drug-likeness (QED) is 0.442. The average Bonchev–Trinajstić information content (AvgIpc) is 2.20. The Morgan fingerprint density at radius 3 is 2.43 bits per heavy atom. The summed E-state index contributed by atoms with van der Waals surface area (Å²) < 4.78 is 12.7. The molecule has 0 spiro atoms. The SMILES string of the molecule is CO.O=Cc1ccc([N+](=O)[O-])c(F)c1. The second-order valence-electron chi connectivity index (χ2n) is 2.09. The highest BCUT2D eigenvalue weighted by atomic mass is 19.1. The molecule has 0 bridgehead atoms. The number of aldehydes is 1. The predicted octanol–water partition coefficient (Wildman–Crippen LogP) is 1.15. The summed E-state index contributed by atoms with van der Waals surface area (Å²) in [6.45, 7) is 0. The van der Waals surface area contributed by atoms with Crippen LogP contribution in [0, 0.1) is 15.9 Å². The van der Waals surface area contributed by atoms with E-state index in [-0.39, 0.29) is 5.56 Å². The fourth-order valence-electron chi connectivity index (χ4n) is 0.745. The number of aliphatic hydroxyl groups excluding tert-OH is 1. The van der Waals surface area contributed by atoms with Crippen LogP contribution in [0.5, 0.6) is 0 Å². The van der Waals surface area contributed by atoms with Crippen LogP contribution < -0.4 is 0 Å². The smallest absolute Gasteiger partial charge is 0.304 e. The number of nitro groups is 1. The van der Waals surface area contributed by atoms with Crippen LogP contribution in [0.25, 0.3) is 0 Å². The van der Waals surface area contributed by atoms with Gasteiger partial charge in [0.05, 0.1) is 4.92 Å². The number of nitrogens with zero attached hydrogens (tertiary/aromatic N) is 1. The first kappa shape index (κ1) is 12.2. The highest BCUT2D eigenvalue weighted by Crippen LogP contribution is 2.16. The first-order chi connectivity index (χ1) is 6.65. The number of rotatable bonds is 2. The molecule has 1 aromatic carbocycles. The largest absolute Gasteiger partial charge is 0.400 e. The van der Waals surface area contributed by atoms with E-state index in [4.69, 9.17) is 5.11 Å². The van der Waals surface area contributed by atoms with Crippen molar-refractivity contribution in [3.63, 3.8) is 0 Å². The lowest BCUT2D eigenvalue weighted by atomic mass is 10.2. The summed E-state index contributed by atoms with van der Waals surface area (Å²) in [7, 11) is 1.00. The molecule has 0 aliphatic rings. The Bertz CT molecular complexity index is 340. The van der Waals surface area contributed by atoms with Gasteiger partial charge in [0, 0.05) is 18.7 Å². The zero-order valence-electron chi connectivity index (χ0n) is 7.31. The number of hydrogen-bond acceptors (Lipinski definition) is 4. The van der Waals surface area contributed by atoms with E-state index in [9.17, 15) is 19.3 Å². The van der Waals surface area contributed by atoms with Crippen LogP contribution in [0.15, 0.2) is 18.2 Å². The molecule has 14 heavy (non-hydrogen) atoms. The molecule has 0 unspecified atom stereocenters. The zero-order valence-corrected chi connectivity index (χ0v) is 7.31. The Hall–Kier alpha value is -1.82. The van der Waals surface area contributed by atoms with Crippen molar-refractivity contribution in [2.45, 2.75) is 0 Å². The highest BCUT2D eigenvalue weighted by molar-refractivity contribution is 5.75. The second-order valence-corrected chi connectivity index (χ2v) is 2.09. The lowest BCUT2D eigenvalue weighted by Crippen LogP contribution is -1.93. The van der Waals surface area contributed by atoms with Crippen molar-refractivity contribution in [2.24, 2.45) is 0 Å². The summed E-state index contributed by atoms with van der Waals surface area (Å²) in [4.78, 5) is 19.4. The Labute approximate surface area is 78.9 Å². The van der Waals surface area contributed by atoms with Crippen LogP contribution >= 0.6 is 0 Å². The van der Waals surface area contributed by atoms with E-state index in [1.54, 1.807) is 0 Å². The Morgan fingerprint density at radius 2 is 2.07 bits per heavy atom. The number of carbonyl (C=O) groups is 1. The number of carbonyl (C=O) groups excluding carboxylic acids is 1. The maximum atomic E-state index is 12.7. The van der Waals surface area contributed by atoms with Gasteiger partial charge in [0.1, 0.15) is 6.29 Å². The molecule has 0 aliphatic heterocycles. The van der Waals surface area contributed by atoms with Gasteiger partial charge in [-0.05, 0) is 12.1 Å². The van der Waals surface area contributed by atoms with E-state index in [1.807, 2.05) is 0 Å². The molecular weight excluding hydrogens is 193 g/mol. The van der Waals surface area contributed by atoms with Crippen LogP contribution in [0.4, 0.5) is 10.1 Å². The van der Waals surface area contributed by atoms with Crippen molar-refractivity contribution >= 4 is 12.0 Å². The lowest BCUT2D eigenvalue weighted by molar-refractivity contribution is -0.387. The molecule has 1 aromatic rings. The molecule has 0 saturated carbocycles. The Morgan fingerprint density at radius 1 is 1.50 bits per heavy atom. The van der Waals surface area contributed by atoms with Gasteiger partial charge in [-0.3, -0.25) is 14.9 Å². The molecule has 0 heterocycles. The van der Waals surface area contributed by atoms with E-state index in [0.717, 1.165) is 19.2 Å². The first-order valence-corrected chi connectivity index (χ1v) is 3.49. The van der Waals surface area contributed by atoms with Gasteiger partial charge in [-0.25, -0.2) is 0 Å². The van der Waals surface area contributed by atoms with Gasteiger partial charge >= 0.3 is 5.69 Å². The van der Waals surface area contributed by atoms with Crippen LogP contribution in [-0.2, 0) is 0 Å². The second kappa shape index (κ2) is 5.76. The van der Waals surface area contributed by atoms with E-state index < -0.39 is 16.4 Å². The summed E-state index contributed by atoms with van der Waals surface area (Å²) in [5.41, 5.74) is -0.543. The van der Waals surface area contributed by atoms with Crippen LogP contribution in [-0.4, -0.2) is 23.4 Å². The number of hydrogen-bond donors (Lipinski definition) is 1. The maximum Gasteiger partial charge on any atom is 0.304 e. The molecule has 0 atom stereocenters. The molecule has 0 fully saturated rings. The van der Waals surface area contributed by atoms with Crippen molar-refractivity contribution in [1.82, 2.24) is 0 Å². The summed E-state index contributed by atoms with van der Waals surface area (Å²) in [6, 6.07) is 2.97. The Kier molecular flexibility index (Phi) is 5.01. The molecular formula is C8H8FNO4. The average molecular weight is 201 g/mol. The molecule has 1 rings (SSSR count). The molecule has 0 aliphatic carbocycles. The van der Waals surface area contributed by atoms with E-state index in [1.165, 1.54) is 6.07 Å². The van der Waals surface area contributed by atoms with Crippen molar-refractivity contribution in [3.8, 4) is 0 Å². The fraction of sp³-hybridized carbons (Fsp3) is 0.125. The van der Waals surface area contributed by atoms with E-state index in [2.05, 4.69) is 0 Å². The van der Waals surface area contributed by atoms with Gasteiger partial charge in [0.15, 0.2) is 0 Å². The van der Waals surface area contributed by atoms with Gasteiger partial charge in [0.2, 0.25) is 5.82 Å². The van der Waals surface area contributed by atoms with Crippen LogP contribution in [0.2, 0.25) is 0 Å². The summed E-state index contributed by atoms with van der Waals surface area (Å²) >= 11 is 0. The predicted molar refractivity (Wildman–Crippen MR) is 46.6 cm³/mol. The number of aliphatic hydroxyl groups is 1. The minimum absolute atomic E-state index is 0.0816. The third-order valence-electron chi connectivity index (χ3n) is 1.30. The Balaban J connectivity index is 0.000000791. The molecule has 76 valence electrons. The standard InChI is InChI=1S/C7H4FNO3.CH4O/c8-6-3-5(4-10)1-2-7(6)9(11)12;1-2/h1-4H;2H,1H3. The van der Waals surface area contributed by atoms with Crippen molar-refractivity contribution in [3.05, 3.63) is 39.7 Å². The molecule has 1 N–H and O–H groups in total. The van der Waals surface area contributed by atoms with Crippen LogP contribution in [0.3, 0.4) is 0 Å². The zero-order chi connectivity index (χ0) is 11.1. The first-order valence-electron chi connectivity index (χ1n) is 3.49. The molecule has 6 heteroatoms. The molecule has 0 radical (unpaired) electrons. The summed E-state index contributed by atoms with van der Waals surface area (Å²) in [5.74, 6) is -0.996. The van der Waals surface area contributed by atoms with E-state index >= 15 is 0 Å². The monoisotopic (exact) mass is 201 g/mol. The normalized spacial score (nSPS) is 8.50. The summed E-state index contributed by atoms with van der Waals surface area (Å²) in [6.07, 6.45) is 0.423. The molecule has 0 saturated heterocycles. The third-order valence-corrected chi connectivity index (χ3v) is 1.30. The molecule has 0 amide bonds. The fourth-order valence-corrected chi connectivity index (χ4v) is 0.745.